The van der Waals surface area contributed by atoms with Crippen LogP contribution in [0, 0.1) is 0 Å². The molecule has 0 saturated heterocycles. The van der Waals surface area contributed by atoms with Crippen LogP contribution in [0.3, 0.4) is 0 Å². The monoisotopic (exact) mass is 656 g/mol. The molecule has 0 radical (unpaired) electrons. The normalized spacial score (nSPS) is 11.0. The standard InChI is InChI=1S/C22H14N4O2.C17H10N2O3/c27-22(25-16-7-9-23-10-8-16)15-5-6-19-17(11-15)18(13-24-26-19)21-12-14-3-1-2-4-20(14)28-21;20-17(21)11-5-6-14-12(7-11)13(9-18-19-14)16-8-10-3-1-2-4-15(10)22-16/h1-13H,(H,23,25,27);1-9H,(H,20,21). The highest BCUT2D eigenvalue weighted by atomic mass is 16.4. The van der Waals surface area contributed by atoms with Gasteiger partial charge in [-0.15, -0.1) is 0 Å². The van der Waals surface area contributed by atoms with Gasteiger partial charge in [-0.1, -0.05) is 36.4 Å². The van der Waals surface area contributed by atoms with Crippen LogP contribution in [0.4, 0.5) is 5.69 Å². The summed E-state index contributed by atoms with van der Waals surface area (Å²) in [5.41, 5.74) is 5.83. The van der Waals surface area contributed by atoms with Gasteiger partial charge in [-0.25, -0.2) is 4.79 Å². The number of fused-ring (bicyclic) bond motifs is 4. The molecule has 0 atom stereocenters. The molecule has 5 aromatic heterocycles. The van der Waals surface area contributed by atoms with E-state index in [0.717, 1.165) is 38.5 Å². The van der Waals surface area contributed by atoms with Crippen molar-refractivity contribution in [2.45, 2.75) is 0 Å². The number of aromatic nitrogens is 5. The Bertz CT molecular complexity index is 2640. The second-order valence-corrected chi connectivity index (χ2v) is 11.3. The number of anilines is 1. The van der Waals surface area contributed by atoms with E-state index in [1.165, 1.54) is 6.07 Å². The molecule has 0 aliphatic heterocycles. The summed E-state index contributed by atoms with van der Waals surface area (Å²) in [4.78, 5) is 27.8. The van der Waals surface area contributed by atoms with Crippen molar-refractivity contribution in [3.8, 4) is 22.6 Å². The summed E-state index contributed by atoms with van der Waals surface area (Å²) in [5, 5.41) is 31.8. The van der Waals surface area contributed by atoms with Crippen molar-refractivity contribution < 1.29 is 23.5 Å². The van der Waals surface area contributed by atoms with Crippen molar-refractivity contribution >= 4 is 61.3 Å². The molecular weight excluding hydrogens is 632 g/mol. The summed E-state index contributed by atoms with van der Waals surface area (Å²) < 4.78 is 11.8. The number of benzene rings is 4. The van der Waals surface area contributed by atoms with Crippen molar-refractivity contribution in [3.05, 3.63) is 145 Å². The quantitative estimate of drug-likeness (QED) is 0.184. The van der Waals surface area contributed by atoms with Crippen LogP contribution in [0.15, 0.2) is 143 Å². The van der Waals surface area contributed by atoms with E-state index in [1.807, 2.05) is 66.7 Å². The molecular formula is C39H24N6O5. The zero-order valence-corrected chi connectivity index (χ0v) is 26.0. The molecule has 0 spiro atoms. The maximum Gasteiger partial charge on any atom is 0.335 e. The van der Waals surface area contributed by atoms with E-state index in [4.69, 9.17) is 13.9 Å². The number of carboxylic acids is 1. The highest BCUT2D eigenvalue weighted by Crippen LogP contribution is 2.33. The molecule has 0 aliphatic carbocycles. The fourth-order valence-corrected chi connectivity index (χ4v) is 5.65. The van der Waals surface area contributed by atoms with Gasteiger partial charge >= 0.3 is 5.97 Å². The van der Waals surface area contributed by atoms with E-state index < -0.39 is 5.97 Å². The molecule has 0 unspecified atom stereocenters. The van der Waals surface area contributed by atoms with Crippen LogP contribution >= 0.6 is 0 Å². The molecule has 9 aromatic rings. The first-order valence-electron chi connectivity index (χ1n) is 15.4. The second-order valence-electron chi connectivity index (χ2n) is 11.3. The topological polar surface area (TPSA) is 157 Å². The minimum atomic E-state index is -0.978. The van der Waals surface area contributed by atoms with Crippen LogP contribution in [0.2, 0.25) is 0 Å². The number of amides is 1. The molecule has 4 aromatic carbocycles. The Morgan fingerprint density at radius 3 is 1.66 bits per heavy atom. The van der Waals surface area contributed by atoms with Crippen molar-refractivity contribution in [1.29, 1.82) is 0 Å². The third-order valence-electron chi connectivity index (χ3n) is 8.11. The molecule has 9 rings (SSSR count). The van der Waals surface area contributed by atoms with Crippen LogP contribution in [-0.2, 0) is 0 Å². The molecule has 11 nitrogen and oxygen atoms in total. The lowest BCUT2D eigenvalue weighted by atomic mass is 10.0. The lowest BCUT2D eigenvalue weighted by Crippen LogP contribution is -2.11. The number of carbonyl (C=O) groups excluding carboxylic acids is 1. The number of nitrogens with zero attached hydrogens (tertiary/aromatic N) is 5. The minimum Gasteiger partial charge on any atom is -0.478 e. The largest absolute Gasteiger partial charge is 0.478 e. The van der Waals surface area contributed by atoms with E-state index in [0.29, 0.717) is 39.2 Å². The fourth-order valence-electron chi connectivity index (χ4n) is 5.65. The summed E-state index contributed by atoms with van der Waals surface area (Å²) >= 11 is 0. The van der Waals surface area contributed by atoms with Gasteiger partial charge in [-0.05, 0) is 72.8 Å². The number of para-hydroxylation sites is 2. The SMILES string of the molecule is O=C(Nc1ccncc1)c1ccc2nncc(-c3cc4ccccc4o3)c2c1.O=C(O)c1ccc2nncc(-c3cc4ccccc4o3)c2c1. The Hall–Kier alpha value is -7.27. The molecule has 50 heavy (non-hydrogen) atoms. The molecule has 2 N–H and O–H groups in total. The van der Waals surface area contributed by atoms with E-state index in [-0.39, 0.29) is 11.5 Å². The average molecular weight is 657 g/mol. The number of furan rings is 2. The van der Waals surface area contributed by atoms with Crippen LogP contribution in [0.5, 0.6) is 0 Å². The zero-order valence-electron chi connectivity index (χ0n) is 26.0. The molecule has 0 saturated carbocycles. The number of nitrogens with one attached hydrogen (secondary N) is 1. The van der Waals surface area contributed by atoms with Gasteiger partial charge in [0.2, 0.25) is 0 Å². The fraction of sp³-hybridized carbons (Fsp3) is 0. The third-order valence-corrected chi connectivity index (χ3v) is 8.11. The average Bonchev–Trinajstić information content (AvgIpc) is 3.79. The van der Waals surface area contributed by atoms with Crippen LogP contribution in [-0.4, -0.2) is 42.4 Å². The first kappa shape index (κ1) is 30.1. The molecule has 5 heterocycles. The van der Waals surface area contributed by atoms with Gasteiger partial charge in [0, 0.05) is 56.3 Å². The molecule has 11 heteroatoms. The van der Waals surface area contributed by atoms with Crippen molar-refractivity contribution in [2.24, 2.45) is 0 Å². The Morgan fingerprint density at radius 2 is 1.12 bits per heavy atom. The van der Waals surface area contributed by atoms with Gasteiger partial charge in [-0.2, -0.15) is 20.4 Å². The Labute approximate surface area is 282 Å². The number of hydrogen-bond donors (Lipinski definition) is 2. The highest BCUT2D eigenvalue weighted by molar-refractivity contribution is 6.08. The smallest absolute Gasteiger partial charge is 0.335 e. The summed E-state index contributed by atoms with van der Waals surface area (Å²) in [6, 6.07) is 32.9. The van der Waals surface area contributed by atoms with Crippen molar-refractivity contribution in [1.82, 2.24) is 25.4 Å². The Morgan fingerprint density at radius 1 is 0.600 bits per heavy atom. The first-order valence-corrected chi connectivity index (χ1v) is 15.4. The lowest BCUT2D eigenvalue weighted by molar-refractivity contribution is 0.0696. The van der Waals surface area contributed by atoms with Gasteiger partial charge in [0.25, 0.3) is 5.91 Å². The predicted octanol–water partition coefficient (Wildman–Crippen LogP) is 8.43. The minimum absolute atomic E-state index is 0.206. The number of carbonyl (C=O) groups is 2. The van der Waals surface area contributed by atoms with Crippen molar-refractivity contribution in [2.75, 3.05) is 5.32 Å². The highest BCUT2D eigenvalue weighted by Gasteiger charge is 2.15. The maximum atomic E-state index is 12.7. The van der Waals surface area contributed by atoms with E-state index >= 15 is 0 Å². The molecule has 0 aliphatic rings. The first-order chi connectivity index (χ1) is 24.5. The maximum absolute atomic E-state index is 12.7. The van der Waals surface area contributed by atoms with Gasteiger partial charge in [0.15, 0.2) is 0 Å². The molecule has 0 fully saturated rings. The van der Waals surface area contributed by atoms with Crippen LogP contribution in [0.25, 0.3) is 66.4 Å². The Kier molecular flexibility index (Phi) is 7.66. The number of carboxylic acid groups (broad SMARTS) is 1. The van der Waals surface area contributed by atoms with Gasteiger partial charge in [0.05, 0.1) is 29.0 Å². The van der Waals surface area contributed by atoms with Gasteiger partial charge in [0.1, 0.15) is 22.7 Å². The van der Waals surface area contributed by atoms with Crippen LogP contribution < -0.4 is 5.32 Å². The summed E-state index contributed by atoms with van der Waals surface area (Å²) in [7, 11) is 0. The van der Waals surface area contributed by atoms with Gasteiger partial charge in [-0.3, -0.25) is 9.78 Å². The third kappa shape index (κ3) is 5.86. The van der Waals surface area contributed by atoms with Crippen molar-refractivity contribution in [3.63, 3.8) is 0 Å². The van der Waals surface area contributed by atoms with Crippen LogP contribution in [0.1, 0.15) is 20.7 Å². The van der Waals surface area contributed by atoms with E-state index in [2.05, 4.69) is 30.7 Å². The number of rotatable bonds is 5. The molecule has 0 bridgehead atoms. The predicted molar refractivity (Wildman–Crippen MR) is 189 cm³/mol. The number of hydrogen-bond acceptors (Lipinski definition) is 9. The Balaban J connectivity index is 0.000000149. The summed E-state index contributed by atoms with van der Waals surface area (Å²) in [6.45, 7) is 0. The zero-order chi connectivity index (χ0) is 34.0. The molecule has 1 amide bonds. The summed E-state index contributed by atoms with van der Waals surface area (Å²) in [5.74, 6) is 0.145. The van der Waals surface area contributed by atoms with Gasteiger partial charge < -0.3 is 19.3 Å². The number of pyridine rings is 1. The molecule has 240 valence electrons. The summed E-state index contributed by atoms with van der Waals surface area (Å²) in [6.07, 6.45) is 6.51. The van der Waals surface area contributed by atoms with E-state index in [9.17, 15) is 9.59 Å². The lowest BCUT2D eigenvalue weighted by Gasteiger charge is -2.07. The second kappa shape index (κ2) is 12.7. The number of aromatic carboxylic acids is 1. The van der Waals surface area contributed by atoms with E-state index in [1.54, 1.807) is 61.2 Å².